The zero-order valence-electron chi connectivity index (χ0n) is 13.6. The smallest absolute Gasteiger partial charge is 0.244 e. The summed E-state index contributed by atoms with van der Waals surface area (Å²) in [5.74, 6) is 1.39. The van der Waals surface area contributed by atoms with Crippen LogP contribution >= 0.6 is 0 Å². The summed E-state index contributed by atoms with van der Waals surface area (Å²) in [6, 6.07) is 8.88. The van der Waals surface area contributed by atoms with Crippen LogP contribution in [0.15, 0.2) is 36.7 Å². The second-order valence-corrected chi connectivity index (χ2v) is 6.33. The molecule has 0 bridgehead atoms. The molecule has 4 rings (SSSR count). The van der Waals surface area contributed by atoms with Gasteiger partial charge in [-0.15, -0.1) is 5.10 Å². The van der Waals surface area contributed by atoms with Crippen LogP contribution in [-0.4, -0.2) is 32.8 Å². The number of hydrogen-bond acceptors (Lipinski definition) is 5. The molecule has 1 saturated carbocycles. The van der Waals surface area contributed by atoms with Crippen molar-refractivity contribution in [2.24, 2.45) is 0 Å². The van der Waals surface area contributed by atoms with E-state index in [2.05, 4.69) is 55.2 Å². The Bertz CT molecular complexity index is 806. The Balaban J connectivity index is 1.35. The zero-order chi connectivity index (χ0) is 16.2. The molecular formula is C18H22N6. The third-order valence-electron chi connectivity index (χ3n) is 4.62. The van der Waals surface area contributed by atoms with Gasteiger partial charge in [0.05, 0.1) is 6.20 Å². The first-order chi connectivity index (χ1) is 11.9. The van der Waals surface area contributed by atoms with E-state index in [1.807, 2.05) is 6.07 Å². The molecule has 0 unspecified atom stereocenters. The summed E-state index contributed by atoms with van der Waals surface area (Å²) in [5, 5.41) is 16.1. The number of benzene rings is 1. The minimum atomic E-state index is 0.528. The average Bonchev–Trinajstić information content (AvgIpc) is 3.26. The topological polar surface area (TPSA) is 78.5 Å². The van der Waals surface area contributed by atoms with Crippen molar-refractivity contribution in [3.63, 3.8) is 0 Å². The molecule has 124 valence electrons. The van der Waals surface area contributed by atoms with Crippen molar-refractivity contribution in [3.05, 3.63) is 42.2 Å². The fourth-order valence-electron chi connectivity index (χ4n) is 3.37. The first kappa shape index (κ1) is 14.9. The third kappa shape index (κ3) is 3.32. The molecule has 6 heteroatoms. The van der Waals surface area contributed by atoms with Gasteiger partial charge in [-0.1, -0.05) is 31.0 Å². The second-order valence-electron chi connectivity index (χ2n) is 6.33. The number of aromatic nitrogens is 4. The maximum atomic E-state index is 4.51. The quantitative estimate of drug-likeness (QED) is 0.648. The Labute approximate surface area is 141 Å². The first-order valence-corrected chi connectivity index (χ1v) is 8.63. The van der Waals surface area contributed by atoms with Crippen LogP contribution in [0.5, 0.6) is 0 Å². The predicted molar refractivity (Wildman–Crippen MR) is 96.2 cm³/mol. The molecule has 1 aliphatic rings. The first-order valence-electron chi connectivity index (χ1n) is 8.63. The van der Waals surface area contributed by atoms with Crippen LogP contribution in [0.1, 0.15) is 31.2 Å². The van der Waals surface area contributed by atoms with Gasteiger partial charge in [-0.3, -0.25) is 0 Å². The summed E-state index contributed by atoms with van der Waals surface area (Å²) in [5.41, 5.74) is 2.47. The van der Waals surface area contributed by atoms with Crippen LogP contribution in [0.2, 0.25) is 0 Å². The number of rotatable bonds is 6. The van der Waals surface area contributed by atoms with Crippen molar-refractivity contribution >= 4 is 22.7 Å². The van der Waals surface area contributed by atoms with E-state index in [1.54, 1.807) is 6.20 Å². The largest absolute Gasteiger partial charge is 0.366 e. The molecule has 0 radical (unpaired) electrons. The molecule has 6 nitrogen and oxygen atoms in total. The summed E-state index contributed by atoms with van der Waals surface area (Å²) < 4.78 is 0. The number of fused-ring (bicyclic) bond motifs is 1. The van der Waals surface area contributed by atoms with Crippen LogP contribution in [0.4, 0.5) is 11.8 Å². The fraction of sp³-hybridized carbons (Fsp3) is 0.389. The van der Waals surface area contributed by atoms with Gasteiger partial charge in [-0.2, -0.15) is 10.1 Å². The van der Waals surface area contributed by atoms with E-state index in [-0.39, 0.29) is 0 Å². The molecule has 2 aromatic heterocycles. The van der Waals surface area contributed by atoms with E-state index in [1.165, 1.54) is 42.1 Å². The Hall–Kier alpha value is -2.63. The Morgan fingerprint density at radius 2 is 2.04 bits per heavy atom. The maximum Gasteiger partial charge on any atom is 0.244 e. The Morgan fingerprint density at radius 1 is 1.17 bits per heavy atom. The molecule has 3 N–H and O–H groups in total. The van der Waals surface area contributed by atoms with E-state index in [0.717, 1.165) is 18.8 Å². The number of nitrogens with zero attached hydrogens (tertiary/aromatic N) is 3. The molecule has 1 aliphatic carbocycles. The van der Waals surface area contributed by atoms with E-state index in [0.29, 0.717) is 12.0 Å². The molecule has 1 fully saturated rings. The molecule has 0 amide bonds. The molecular weight excluding hydrogens is 300 g/mol. The third-order valence-corrected chi connectivity index (χ3v) is 4.62. The van der Waals surface area contributed by atoms with Crippen LogP contribution < -0.4 is 10.6 Å². The number of aromatic amines is 1. The number of hydrogen-bond donors (Lipinski definition) is 3. The number of H-pyrrole nitrogens is 1. The van der Waals surface area contributed by atoms with E-state index in [9.17, 15) is 0 Å². The predicted octanol–water partition coefficient (Wildman–Crippen LogP) is 3.36. The van der Waals surface area contributed by atoms with Crippen LogP contribution in [0.3, 0.4) is 0 Å². The lowest BCUT2D eigenvalue weighted by atomic mass is 10.1. The highest BCUT2D eigenvalue weighted by Crippen LogP contribution is 2.21. The van der Waals surface area contributed by atoms with Crippen molar-refractivity contribution in [1.82, 2.24) is 20.2 Å². The highest BCUT2D eigenvalue weighted by Gasteiger charge is 2.15. The zero-order valence-corrected chi connectivity index (χ0v) is 13.6. The lowest BCUT2D eigenvalue weighted by molar-refractivity contribution is 0.746. The van der Waals surface area contributed by atoms with Crippen LogP contribution in [0, 0.1) is 0 Å². The van der Waals surface area contributed by atoms with Crippen molar-refractivity contribution in [2.75, 3.05) is 17.2 Å². The molecule has 0 spiro atoms. The van der Waals surface area contributed by atoms with Gasteiger partial charge in [-0.25, -0.2) is 0 Å². The van der Waals surface area contributed by atoms with E-state index >= 15 is 0 Å². The minimum Gasteiger partial charge on any atom is -0.366 e. The summed E-state index contributed by atoms with van der Waals surface area (Å²) in [6.07, 6.45) is 9.71. The normalized spacial score (nSPS) is 15.0. The lowest BCUT2D eigenvalue weighted by Gasteiger charge is -2.12. The molecule has 0 atom stereocenters. The molecule has 0 aliphatic heterocycles. The van der Waals surface area contributed by atoms with Gasteiger partial charge in [0, 0.05) is 29.7 Å². The highest BCUT2D eigenvalue weighted by molar-refractivity contribution is 5.83. The lowest BCUT2D eigenvalue weighted by Crippen LogP contribution is -2.17. The van der Waals surface area contributed by atoms with Gasteiger partial charge in [0.2, 0.25) is 5.95 Å². The van der Waals surface area contributed by atoms with Gasteiger partial charge in [0.1, 0.15) is 0 Å². The summed E-state index contributed by atoms with van der Waals surface area (Å²) >= 11 is 0. The van der Waals surface area contributed by atoms with Crippen LogP contribution in [0.25, 0.3) is 10.9 Å². The Morgan fingerprint density at radius 3 is 2.96 bits per heavy atom. The molecule has 24 heavy (non-hydrogen) atoms. The summed E-state index contributed by atoms with van der Waals surface area (Å²) in [4.78, 5) is 7.82. The molecule has 0 saturated heterocycles. The monoisotopic (exact) mass is 322 g/mol. The van der Waals surface area contributed by atoms with Crippen molar-refractivity contribution in [3.8, 4) is 0 Å². The molecule has 1 aromatic carbocycles. The average molecular weight is 322 g/mol. The molecule has 3 aromatic rings. The van der Waals surface area contributed by atoms with E-state index in [4.69, 9.17) is 0 Å². The SMILES string of the molecule is c1ccc2c(CCNc3nncc(NC4CCCC4)n3)c[nH]c2c1. The maximum absolute atomic E-state index is 4.51. The number of para-hydroxylation sites is 1. The molecule has 2 heterocycles. The van der Waals surface area contributed by atoms with Gasteiger partial charge in [-0.05, 0) is 30.9 Å². The highest BCUT2D eigenvalue weighted by atomic mass is 15.3. The fourth-order valence-corrected chi connectivity index (χ4v) is 3.37. The minimum absolute atomic E-state index is 0.528. The standard InChI is InChI=1S/C18H22N6/c1-2-6-14(5-1)22-17-12-21-24-18(23-17)19-10-9-13-11-20-16-8-4-3-7-15(13)16/h3-4,7-8,11-12,14,20H,1-2,5-6,9-10H2,(H2,19,22,23,24). The van der Waals surface area contributed by atoms with Crippen molar-refractivity contribution in [1.29, 1.82) is 0 Å². The van der Waals surface area contributed by atoms with Crippen molar-refractivity contribution < 1.29 is 0 Å². The second kappa shape index (κ2) is 6.86. The summed E-state index contributed by atoms with van der Waals surface area (Å²) in [6.45, 7) is 0.774. The van der Waals surface area contributed by atoms with E-state index < -0.39 is 0 Å². The van der Waals surface area contributed by atoms with Gasteiger partial charge in [0.15, 0.2) is 5.82 Å². The van der Waals surface area contributed by atoms with Crippen molar-refractivity contribution in [2.45, 2.75) is 38.1 Å². The van der Waals surface area contributed by atoms with Gasteiger partial charge >= 0.3 is 0 Å². The summed E-state index contributed by atoms with van der Waals surface area (Å²) in [7, 11) is 0. The number of anilines is 2. The van der Waals surface area contributed by atoms with Gasteiger partial charge < -0.3 is 15.6 Å². The number of nitrogens with one attached hydrogen (secondary N) is 3. The van der Waals surface area contributed by atoms with Gasteiger partial charge in [0.25, 0.3) is 0 Å². The van der Waals surface area contributed by atoms with Crippen LogP contribution in [-0.2, 0) is 6.42 Å². The Kier molecular flexibility index (Phi) is 4.27.